The lowest BCUT2D eigenvalue weighted by Gasteiger charge is -2.13. The van der Waals surface area contributed by atoms with Gasteiger partial charge in [0.2, 0.25) is 6.79 Å². The molecule has 1 heterocycles. The van der Waals surface area contributed by atoms with Crippen LogP contribution in [0.1, 0.15) is 53.3 Å². The van der Waals surface area contributed by atoms with Crippen molar-refractivity contribution in [3.63, 3.8) is 0 Å². The van der Waals surface area contributed by atoms with Gasteiger partial charge in [-0.05, 0) is 42.8 Å². The van der Waals surface area contributed by atoms with Crippen LogP contribution in [0.2, 0.25) is 0 Å². The molecule has 0 bridgehead atoms. The second-order valence-corrected chi connectivity index (χ2v) is 6.75. The van der Waals surface area contributed by atoms with Gasteiger partial charge in [0.1, 0.15) is 0 Å². The highest BCUT2D eigenvalue weighted by atomic mass is 16.7. The van der Waals surface area contributed by atoms with E-state index in [0.717, 1.165) is 12.8 Å². The number of ether oxygens (including phenoxy) is 4. The molecule has 3 rings (SSSR count). The largest absolute Gasteiger partial charge is 0.493 e. The molecule has 2 N–H and O–H groups in total. The Balaban J connectivity index is 1.55. The normalized spacial score (nSPS) is 11.7. The van der Waals surface area contributed by atoms with Crippen molar-refractivity contribution in [2.45, 2.75) is 32.6 Å². The molecule has 0 radical (unpaired) electrons. The maximum atomic E-state index is 12.4. The molecule has 2 amide bonds. The molecule has 0 saturated carbocycles. The first-order chi connectivity index (χ1) is 14.6. The second-order valence-electron chi connectivity index (χ2n) is 6.75. The van der Waals surface area contributed by atoms with Gasteiger partial charge in [0.15, 0.2) is 23.0 Å². The van der Waals surface area contributed by atoms with Crippen molar-refractivity contribution in [1.29, 1.82) is 0 Å². The van der Waals surface area contributed by atoms with E-state index in [9.17, 15) is 9.59 Å². The molecule has 8 heteroatoms. The van der Waals surface area contributed by atoms with E-state index in [2.05, 4.69) is 17.8 Å². The molecule has 0 saturated heterocycles. The van der Waals surface area contributed by atoms with E-state index >= 15 is 0 Å². The lowest BCUT2D eigenvalue weighted by Crippen LogP contribution is -2.41. The van der Waals surface area contributed by atoms with Crippen LogP contribution in [0.25, 0.3) is 0 Å². The Kier molecular flexibility index (Phi) is 7.37. The summed E-state index contributed by atoms with van der Waals surface area (Å²) in [5, 5.41) is 0. The number of rotatable bonds is 9. The third-order valence-electron chi connectivity index (χ3n) is 4.61. The van der Waals surface area contributed by atoms with E-state index in [-0.39, 0.29) is 6.79 Å². The van der Waals surface area contributed by atoms with Crippen molar-refractivity contribution in [2.75, 3.05) is 20.5 Å². The van der Waals surface area contributed by atoms with Crippen molar-refractivity contribution in [3.05, 3.63) is 47.5 Å². The Morgan fingerprint density at radius 3 is 2.33 bits per heavy atom. The number of hydrazine groups is 1. The van der Waals surface area contributed by atoms with Crippen LogP contribution >= 0.6 is 0 Å². The molecule has 8 nitrogen and oxygen atoms in total. The first-order valence-electron chi connectivity index (χ1n) is 9.93. The number of unbranched alkanes of at least 4 members (excludes halogenated alkanes) is 3. The van der Waals surface area contributed by atoms with Gasteiger partial charge in [0, 0.05) is 11.1 Å². The number of nitrogens with one attached hydrogen (secondary N) is 2. The Morgan fingerprint density at radius 2 is 1.60 bits per heavy atom. The number of hydrogen-bond acceptors (Lipinski definition) is 6. The van der Waals surface area contributed by atoms with Crippen molar-refractivity contribution in [3.8, 4) is 23.0 Å². The summed E-state index contributed by atoms with van der Waals surface area (Å²) in [4.78, 5) is 24.7. The monoisotopic (exact) mass is 414 g/mol. The van der Waals surface area contributed by atoms with E-state index < -0.39 is 11.8 Å². The third-order valence-corrected chi connectivity index (χ3v) is 4.61. The smallest absolute Gasteiger partial charge is 0.269 e. The zero-order chi connectivity index (χ0) is 21.3. The van der Waals surface area contributed by atoms with E-state index in [4.69, 9.17) is 18.9 Å². The predicted octanol–water partition coefficient (Wildman–Crippen LogP) is 3.46. The van der Waals surface area contributed by atoms with Crippen LogP contribution in [0.15, 0.2) is 36.4 Å². The van der Waals surface area contributed by atoms with Crippen LogP contribution < -0.4 is 29.8 Å². The Hall–Kier alpha value is -3.42. The predicted molar refractivity (Wildman–Crippen MR) is 110 cm³/mol. The topological polar surface area (TPSA) is 95.1 Å². The fourth-order valence-corrected chi connectivity index (χ4v) is 2.93. The zero-order valence-corrected chi connectivity index (χ0v) is 17.2. The zero-order valence-electron chi connectivity index (χ0n) is 17.2. The maximum absolute atomic E-state index is 12.4. The summed E-state index contributed by atoms with van der Waals surface area (Å²) in [6.45, 7) is 2.87. The molecule has 1 aliphatic rings. The lowest BCUT2D eigenvalue weighted by atomic mass is 10.2. The number of benzene rings is 2. The number of fused-ring (bicyclic) bond motifs is 1. The standard InChI is InChI=1S/C22H26N2O6/c1-3-4-5-6-11-28-17-9-7-15(12-19(17)27-2)21(25)23-24-22(26)16-8-10-18-20(13-16)30-14-29-18/h7-10,12-13H,3-6,11,14H2,1-2H3,(H,23,25)(H,24,26). The van der Waals surface area contributed by atoms with Crippen LogP contribution in [0.3, 0.4) is 0 Å². The van der Waals surface area contributed by atoms with Crippen molar-refractivity contribution in [1.82, 2.24) is 10.9 Å². The SMILES string of the molecule is CCCCCCOc1ccc(C(=O)NNC(=O)c2ccc3c(c2)OCO3)cc1OC. The van der Waals surface area contributed by atoms with Crippen LogP contribution in [0, 0.1) is 0 Å². The van der Waals surface area contributed by atoms with Gasteiger partial charge in [-0.3, -0.25) is 20.4 Å². The van der Waals surface area contributed by atoms with E-state index in [1.807, 2.05) is 0 Å². The van der Waals surface area contributed by atoms with Gasteiger partial charge in [0.05, 0.1) is 13.7 Å². The summed E-state index contributed by atoms with van der Waals surface area (Å²) < 4.78 is 21.6. The van der Waals surface area contributed by atoms with E-state index in [1.165, 1.54) is 20.0 Å². The fraction of sp³-hybridized carbons (Fsp3) is 0.364. The van der Waals surface area contributed by atoms with Crippen molar-refractivity contribution >= 4 is 11.8 Å². The first-order valence-corrected chi connectivity index (χ1v) is 9.93. The Labute approximate surface area is 175 Å². The summed E-state index contributed by atoms with van der Waals surface area (Å²) in [5.41, 5.74) is 5.45. The van der Waals surface area contributed by atoms with Crippen LogP contribution in [-0.2, 0) is 0 Å². The molecule has 30 heavy (non-hydrogen) atoms. The molecule has 0 fully saturated rings. The molecule has 1 aliphatic heterocycles. The summed E-state index contributed by atoms with van der Waals surface area (Å²) in [7, 11) is 1.52. The van der Waals surface area contributed by atoms with Crippen molar-refractivity contribution in [2.24, 2.45) is 0 Å². The van der Waals surface area contributed by atoms with Gasteiger partial charge < -0.3 is 18.9 Å². The number of hydrogen-bond donors (Lipinski definition) is 2. The molecular formula is C22H26N2O6. The van der Waals surface area contributed by atoms with Gasteiger partial charge >= 0.3 is 0 Å². The first kappa shape index (κ1) is 21.3. The van der Waals surface area contributed by atoms with Crippen LogP contribution in [0.4, 0.5) is 0 Å². The minimum Gasteiger partial charge on any atom is -0.493 e. The second kappa shape index (κ2) is 10.4. The van der Waals surface area contributed by atoms with Gasteiger partial charge in [-0.25, -0.2) is 0 Å². The highest BCUT2D eigenvalue weighted by molar-refractivity contribution is 5.99. The maximum Gasteiger partial charge on any atom is 0.269 e. The quantitative estimate of drug-likeness (QED) is 0.482. The van der Waals surface area contributed by atoms with Gasteiger partial charge in [-0.2, -0.15) is 0 Å². The molecule has 2 aromatic carbocycles. The fourth-order valence-electron chi connectivity index (χ4n) is 2.93. The van der Waals surface area contributed by atoms with Gasteiger partial charge in [0.25, 0.3) is 11.8 Å². The number of amides is 2. The minimum atomic E-state index is -0.475. The van der Waals surface area contributed by atoms with Crippen molar-refractivity contribution < 1.29 is 28.5 Å². The Bertz CT molecular complexity index is 899. The minimum absolute atomic E-state index is 0.122. The molecule has 0 aromatic heterocycles. The lowest BCUT2D eigenvalue weighted by molar-refractivity contribution is 0.0846. The summed E-state index contributed by atoms with van der Waals surface area (Å²) in [6, 6.07) is 9.66. The van der Waals surface area contributed by atoms with E-state index in [0.29, 0.717) is 40.7 Å². The molecule has 0 spiro atoms. The van der Waals surface area contributed by atoms with E-state index in [1.54, 1.807) is 36.4 Å². The van der Waals surface area contributed by atoms with Crippen LogP contribution in [-0.4, -0.2) is 32.3 Å². The number of carbonyl (C=O) groups excluding carboxylic acids is 2. The number of methoxy groups -OCH3 is 1. The summed E-state index contributed by atoms with van der Waals surface area (Å²) in [6.07, 6.45) is 4.42. The Morgan fingerprint density at radius 1 is 0.900 bits per heavy atom. The molecule has 0 aliphatic carbocycles. The average molecular weight is 414 g/mol. The molecular weight excluding hydrogens is 388 g/mol. The number of carbonyl (C=O) groups is 2. The average Bonchev–Trinajstić information content (AvgIpc) is 3.25. The highest BCUT2D eigenvalue weighted by Crippen LogP contribution is 2.32. The highest BCUT2D eigenvalue weighted by Gasteiger charge is 2.17. The molecule has 0 atom stereocenters. The van der Waals surface area contributed by atoms with Gasteiger partial charge in [-0.15, -0.1) is 0 Å². The third kappa shape index (κ3) is 5.34. The van der Waals surface area contributed by atoms with Gasteiger partial charge in [-0.1, -0.05) is 26.2 Å². The summed E-state index contributed by atoms with van der Waals surface area (Å²) >= 11 is 0. The summed E-state index contributed by atoms with van der Waals surface area (Å²) in [5.74, 6) is 1.16. The molecule has 160 valence electrons. The van der Waals surface area contributed by atoms with Crippen LogP contribution in [0.5, 0.6) is 23.0 Å². The molecule has 0 unspecified atom stereocenters. The molecule has 2 aromatic rings.